The molecule has 344 valence electrons. The van der Waals surface area contributed by atoms with Crippen LogP contribution in [0, 0.1) is 23.7 Å². The third-order valence-electron chi connectivity index (χ3n) is 14.8. The first-order chi connectivity index (χ1) is 29.3. The van der Waals surface area contributed by atoms with Gasteiger partial charge >= 0.3 is 12.1 Å². The molecule has 4 saturated heterocycles. The molecule has 1 aromatic heterocycles. The number of pyridine rings is 1. The summed E-state index contributed by atoms with van der Waals surface area (Å²) in [7, 11) is 5.42. The van der Waals surface area contributed by atoms with Gasteiger partial charge in [-0.3, -0.25) is 19.5 Å². The van der Waals surface area contributed by atoms with Gasteiger partial charge in [0.2, 0.25) is 0 Å². The lowest BCUT2D eigenvalue weighted by Crippen LogP contribution is -2.61. The van der Waals surface area contributed by atoms with Crippen molar-refractivity contribution in [1.82, 2.24) is 24.8 Å². The number of aromatic nitrogens is 1. The molecule has 2 bridgehead atoms. The highest BCUT2D eigenvalue weighted by Crippen LogP contribution is 2.48. The minimum absolute atomic E-state index is 0.171. The number of esters is 1. The topological polar surface area (TPSA) is 164 Å². The van der Waals surface area contributed by atoms with E-state index in [0.717, 1.165) is 47.9 Å². The molecule has 62 heavy (non-hydrogen) atoms. The Morgan fingerprint density at radius 1 is 1.05 bits per heavy atom. The van der Waals surface area contributed by atoms with Crippen molar-refractivity contribution in [3.63, 3.8) is 0 Å². The lowest BCUT2D eigenvalue weighted by Gasteiger charge is -2.48. The average Bonchev–Trinajstić information content (AvgIpc) is 4.04. The predicted molar refractivity (Wildman–Crippen MR) is 232 cm³/mol. The first kappa shape index (κ1) is 46.5. The number of fused-ring (bicyclic) bond motifs is 2. The monoisotopic (exact) mass is 866 g/mol. The number of hydrogen-bond donors (Lipinski definition) is 2. The molecule has 14 atom stereocenters. The summed E-state index contributed by atoms with van der Waals surface area (Å²) in [6.07, 6.45) is 1.49. The minimum atomic E-state index is -1.63. The smallest absolute Gasteiger partial charge is 0.425 e. The van der Waals surface area contributed by atoms with Crippen molar-refractivity contribution < 1.29 is 48.3 Å². The zero-order valence-corrected chi connectivity index (χ0v) is 38.7. The number of carbonyl (C=O) groups excluding carboxylic acids is 3. The van der Waals surface area contributed by atoms with Crippen LogP contribution in [-0.2, 0) is 35.0 Å². The molecule has 5 aliphatic rings. The molecule has 4 aliphatic heterocycles. The lowest BCUT2D eigenvalue weighted by atomic mass is 9.71. The van der Waals surface area contributed by atoms with Gasteiger partial charge in [-0.25, -0.2) is 14.8 Å². The second-order valence-electron chi connectivity index (χ2n) is 19.7. The van der Waals surface area contributed by atoms with Crippen molar-refractivity contribution in [2.45, 2.75) is 166 Å². The third kappa shape index (κ3) is 8.84. The Morgan fingerprint density at radius 3 is 2.44 bits per heavy atom. The van der Waals surface area contributed by atoms with E-state index >= 15 is 0 Å². The summed E-state index contributed by atoms with van der Waals surface area (Å²) in [5, 5.41) is 29.3. The summed E-state index contributed by atoms with van der Waals surface area (Å²) >= 11 is 0. The van der Waals surface area contributed by atoms with Crippen LogP contribution in [-0.4, -0.2) is 153 Å². The number of cyclic esters (lactones) is 1. The predicted octanol–water partition coefficient (Wildman–Crippen LogP) is 5.18. The van der Waals surface area contributed by atoms with E-state index in [1.54, 1.807) is 26.0 Å². The van der Waals surface area contributed by atoms with E-state index in [1.165, 1.54) is 6.92 Å². The number of Topliss-reactive ketones (excluding diaryl/α,β-unsaturated/α-hetero) is 1. The fourth-order valence-corrected chi connectivity index (χ4v) is 11.6. The van der Waals surface area contributed by atoms with Gasteiger partial charge in [0.05, 0.1) is 43.1 Å². The number of carbonyl (C=O) groups is 3. The van der Waals surface area contributed by atoms with Gasteiger partial charge in [-0.15, -0.1) is 0 Å². The molecule has 15 heteroatoms. The van der Waals surface area contributed by atoms with Gasteiger partial charge in [-0.2, -0.15) is 0 Å². The SMILES string of the molecule is CC[C@@H]1OC(=O)[C@H](C)C(=O)[C@H](C)[C@@H](O[C@@H]2O[C@H](C)C[C@H](N(C)C)[C@H]2O)[C@@](C)(O)C[C@@H](C)C2[C@@H](C)[C@H]3N(C(=O)O[C@]13C)N(CCCc1ccnc3cc(OC)ccc13)CN2C1CC1. The molecule has 1 amide bonds. The number of ether oxygens (including phenoxy) is 5. The van der Waals surface area contributed by atoms with Crippen LogP contribution in [0.15, 0.2) is 30.5 Å². The lowest BCUT2D eigenvalue weighted by molar-refractivity contribution is -0.293. The summed E-state index contributed by atoms with van der Waals surface area (Å²) < 4.78 is 31.0. The maximum Gasteiger partial charge on any atom is 0.425 e. The van der Waals surface area contributed by atoms with E-state index in [9.17, 15) is 24.6 Å². The van der Waals surface area contributed by atoms with Gasteiger partial charge in [-0.1, -0.05) is 27.7 Å². The van der Waals surface area contributed by atoms with Gasteiger partial charge in [0.1, 0.15) is 23.9 Å². The Balaban J connectivity index is 1.26. The molecule has 5 fully saturated rings. The van der Waals surface area contributed by atoms with Crippen molar-refractivity contribution >= 4 is 28.7 Å². The van der Waals surface area contributed by atoms with Crippen LogP contribution < -0.4 is 4.74 Å². The van der Waals surface area contributed by atoms with Gasteiger partial charge in [-0.05, 0) is 122 Å². The highest BCUT2D eigenvalue weighted by molar-refractivity contribution is 6.00. The number of aliphatic hydroxyl groups is 2. The van der Waals surface area contributed by atoms with E-state index in [2.05, 4.69) is 28.7 Å². The molecule has 1 saturated carbocycles. The largest absolute Gasteiger partial charge is 0.497 e. The summed E-state index contributed by atoms with van der Waals surface area (Å²) in [5.41, 5.74) is -0.893. The van der Waals surface area contributed by atoms with Crippen LogP contribution >= 0.6 is 0 Å². The number of rotatable bonds is 10. The summed E-state index contributed by atoms with van der Waals surface area (Å²) in [4.78, 5) is 52.1. The molecule has 0 radical (unpaired) electrons. The Bertz CT molecular complexity index is 1950. The second kappa shape index (κ2) is 18.2. The van der Waals surface area contributed by atoms with Crippen molar-refractivity contribution in [1.29, 1.82) is 0 Å². The van der Waals surface area contributed by atoms with Gasteiger partial charge in [0.15, 0.2) is 17.7 Å². The highest BCUT2D eigenvalue weighted by atomic mass is 16.7. The third-order valence-corrected chi connectivity index (χ3v) is 14.8. The number of benzene rings is 1. The first-order valence-electron chi connectivity index (χ1n) is 22.9. The normalized spacial score (nSPS) is 39.1. The van der Waals surface area contributed by atoms with E-state index in [1.807, 2.05) is 70.2 Å². The van der Waals surface area contributed by atoms with E-state index in [0.29, 0.717) is 26.1 Å². The Morgan fingerprint density at radius 2 is 1.77 bits per heavy atom. The standard InChI is InChI=1S/C47H71N5O10/c1-12-37-47(8)41-28(4)38(26(2)24-46(7,57)42(29(5)39(53)30(6)43(55)60-37)61-44-40(54)36(49(9)10)22-27(3)59-44)51(32-15-16-32)25-50(52(41)45(56)62-47)21-13-14-31-19-20-48-35-23-33(58-11)17-18-34(31)35/h17-20,23,26-30,32,36-38,40-42,44,54,57H,12-16,21-22,24-25H2,1-11H3/t26-,27-,28-,29+,30-,36+,37+,38?,40-,41-,42-,44+,46+,47-/m1/s1. The Kier molecular flexibility index (Phi) is 13.7. The minimum Gasteiger partial charge on any atom is -0.497 e. The highest BCUT2D eigenvalue weighted by Gasteiger charge is 2.64. The van der Waals surface area contributed by atoms with Gasteiger partial charge < -0.3 is 38.8 Å². The molecule has 1 aliphatic carbocycles. The zero-order valence-electron chi connectivity index (χ0n) is 38.7. The molecule has 2 N–H and O–H groups in total. The molecule has 15 nitrogen and oxygen atoms in total. The number of likely N-dealkylation sites (N-methyl/N-ethyl adjacent to an activating group) is 1. The maximum atomic E-state index is 14.5. The Labute approximate surface area is 367 Å². The molecule has 0 spiro atoms. The molecule has 1 unspecified atom stereocenters. The van der Waals surface area contributed by atoms with Crippen LogP contribution in [0.2, 0.25) is 0 Å². The van der Waals surface area contributed by atoms with E-state index in [-0.39, 0.29) is 42.5 Å². The van der Waals surface area contributed by atoms with Gasteiger partial charge in [0, 0.05) is 48.2 Å². The van der Waals surface area contributed by atoms with Crippen molar-refractivity contribution in [3.8, 4) is 5.75 Å². The average molecular weight is 866 g/mol. The van der Waals surface area contributed by atoms with Crippen molar-refractivity contribution in [3.05, 3.63) is 36.0 Å². The Hall–Kier alpha value is -3.44. The van der Waals surface area contributed by atoms with Crippen LogP contribution in [0.4, 0.5) is 4.79 Å². The fourth-order valence-electron chi connectivity index (χ4n) is 11.6. The summed E-state index contributed by atoms with van der Waals surface area (Å²) in [5.74, 6) is -3.08. The number of hydrazine groups is 1. The summed E-state index contributed by atoms with van der Waals surface area (Å²) in [6, 6.07) is 7.22. The van der Waals surface area contributed by atoms with Crippen LogP contribution in [0.5, 0.6) is 5.75 Å². The molecule has 5 heterocycles. The summed E-state index contributed by atoms with van der Waals surface area (Å²) in [6.45, 7) is 15.9. The number of methoxy groups -OCH3 is 1. The number of nitrogens with zero attached hydrogens (tertiary/aromatic N) is 5. The van der Waals surface area contributed by atoms with E-state index < -0.39 is 71.5 Å². The maximum absolute atomic E-state index is 14.5. The van der Waals surface area contributed by atoms with Crippen LogP contribution in [0.1, 0.15) is 99.5 Å². The van der Waals surface area contributed by atoms with Crippen molar-refractivity contribution in [2.24, 2.45) is 23.7 Å². The van der Waals surface area contributed by atoms with Crippen molar-refractivity contribution in [2.75, 3.05) is 34.4 Å². The van der Waals surface area contributed by atoms with Crippen LogP contribution in [0.3, 0.4) is 0 Å². The number of hydrogen-bond acceptors (Lipinski definition) is 14. The van der Waals surface area contributed by atoms with Gasteiger partial charge in [0.25, 0.3) is 0 Å². The number of ketones is 1. The first-order valence-corrected chi connectivity index (χ1v) is 22.9. The number of aliphatic hydroxyl groups excluding tert-OH is 1. The fraction of sp³-hybridized carbons (Fsp3) is 0.745. The van der Waals surface area contributed by atoms with Crippen LogP contribution in [0.25, 0.3) is 10.9 Å². The van der Waals surface area contributed by atoms with E-state index in [4.69, 9.17) is 23.7 Å². The quantitative estimate of drug-likeness (QED) is 0.237. The molecular formula is C47H71N5O10. The molecule has 2 aromatic rings. The number of aryl methyl sites for hydroxylation is 1. The zero-order chi connectivity index (χ0) is 45.0. The molecule has 1 aromatic carbocycles. The molecule has 7 rings (SSSR count). The second-order valence-corrected chi connectivity index (χ2v) is 19.7. The molecular weight excluding hydrogens is 795 g/mol. The number of amides is 1.